The molecule has 0 fully saturated rings. The van der Waals surface area contributed by atoms with Gasteiger partial charge in [-0.3, -0.25) is 9.98 Å². The Hall–Kier alpha value is -1.03. The first-order chi connectivity index (χ1) is 8.65. The minimum Gasteiger partial charge on any atom is -0.358 e. The number of hydrogen-bond acceptors (Lipinski definition) is 4. The number of amidine groups is 1. The van der Waals surface area contributed by atoms with E-state index >= 15 is 0 Å². The van der Waals surface area contributed by atoms with Gasteiger partial charge < -0.3 is 5.32 Å². The number of nitrogens with zero attached hydrogens (tertiary/aromatic N) is 2. The van der Waals surface area contributed by atoms with Crippen LogP contribution in [0.4, 0.5) is 0 Å². The Morgan fingerprint density at radius 2 is 2.28 bits per heavy atom. The van der Waals surface area contributed by atoms with Gasteiger partial charge in [0.2, 0.25) is 0 Å². The van der Waals surface area contributed by atoms with Crippen molar-refractivity contribution in [2.45, 2.75) is 39.3 Å². The molecular weight excluding hydrogens is 242 g/mol. The quantitative estimate of drug-likeness (QED) is 0.906. The topological polar surface area (TPSA) is 37.3 Å². The lowest BCUT2D eigenvalue weighted by molar-refractivity contribution is 0.528. The monoisotopic (exact) mass is 263 g/mol. The van der Waals surface area contributed by atoms with E-state index in [1.54, 1.807) is 6.20 Å². The molecule has 0 saturated carbocycles. The Morgan fingerprint density at radius 1 is 1.44 bits per heavy atom. The number of thioether (sulfide) groups is 1. The van der Waals surface area contributed by atoms with Gasteiger partial charge in [-0.1, -0.05) is 31.7 Å². The van der Waals surface area contributed by atoms with Crippen LogP contribution in [0.3, 0.4) is 0 Å². The molecule has 4 heteroatoms. The molecule has 1 aliphatic heterocycles. The molecule has 0 aromatic carbocycles. The van der Waals surface area contributed by atoms with E-state index in [-0.39, 0.29) is 6.04 Å². The highest BCUT2D eigenvalue weighted by atomic mass is 32.2. The number of nitrogens with one attached hydrogen (secondary N) is 1. The summed E-state index contributed by atoms with van der Waals surface area (Å²) < 4.78 is 0. The largest absolute Gasteiger partial charge is 0.358 e. The van der Waals surface area contributed by atoms with Crippen LogP contribution in [-0.2, 0) is 0 Å². The van der Waals surface area contributed by atoms with Crippen molar-refractivity contribution in [3.05, 3.63) is 30.1 Å². The average Bonchev–Trinajstić information content (AvgIpc) is 2.76. The zero-order valence-corrected chi connectivity index (χ0v) is 12.1. The van der Waals surface area contributed by atoms with E-state index in [9.17, 15) is 0 Å². The molecule has 0 aliphatic carbocycles. The lowest BCUT2D eigenvalue weighted by atomic mass is 10.1. The maximum absolute atomic E-state index is 4.74. The maximum Gasteiger partial charge on any atom is 0.157 e. The average molecular weight is 263 g/mol. The van der Waals surface area contributed by atoms with Crippen LogP contribution >= 0.6 is 11.8 Å². The smallest absolute Gasteiger partial charge is 0.157 e. The molecule has 1 N–H and O–H groups in total. The van der Waals surface area contributed by atoms with Crippen molar-refractivity contribution in [2.24, 2.45) is 10.9 Å². The molecule has 0 saturated heterocycles. The molecule has 2 heterocycles. The highest BCUT2D eigenvalue weighted by Crippen LogP contribution is 2.23. The zero-order valence-electron chi connectivity index (χ0n) is 11.3. The number of pyridine rings is 1. The number of rotatable bonds is 4. The summed E-state index contributed by atoms with van der Waals surface area (Å²) >= 11 is 1.83. The van der Waals surface area contributed by atoms with E-state index in [2.05, 4.69) is 37.1 Å². The van der Waals surface area contributed by atoms with E-state index in [1.807, 2.05) is 24.0 Å². The molecule has 0 bridgehead atoms. The zero-order chi connectivity index (χ0) is 13.0. The Balaban J connectivity index is 1.91. The standard InChI is InChI=1S/C14H21N3S/c1-10(2)7-13-9-18-14(17-13)16-11(3)12-5-4-6-15-8-12/h4-6,8,10-11,13H,7,9H2,1-3H3,(H,16,17). The summed E-state index contributed by atoms with van der Waals surface area (Å²) in [4.78, 5) is 8.89. The molecule has 2 rings (SSSR count). The summed E-state index contributed by atoms with van der Waals surface area (Å²) in [5.74, 6) is 1.83. The van der Waals surface area contributed by atoms with Crippen LogP contribution in [0, 0.1) is 5.92 Å². The van der Waals surface area contributed by atoms with Crippen molar-refractivity contribution in [2.75, 3.05) is 5.75 Å². The Labute approximate surface area is 113 Å². The van der Waals surface area contributed by atoms with Gasteiger partial charge in [0.05, 0.1) is 12.1 Å². The summed E-state index contributed by atoms with van der Waals surface area (Å²) in [7, 11) is 0. The molecule has 0 spiro atoms. The number of hydrogen-bond donors (Lipinski definition) is 1. The molecule has 2 unspecified atom stereocenters. The van der Waals surface area contributed by atoms with Crippen LogP contribution in [-0.4, -0.2) is 21.9 Å². The minimum atomic E-state index is 0.266. The Morgan fingerprint density at radius 3 is 2.94 bits per heavy atom. The lowest BCUT2D eigenvalue weighted by Gasteiger charge is -2.14. The first-order valence-corrected chi connectivity index (χ1v) is 7.50. The maximum atomic E-state index is 4.74. The molecule has 0 amide bonds. The summed E-state index contributed by atoms with van der Waals surface area (Å²) in [5, 5.41) is 4.55. The predicted octanol–water partition coefficient (Wildman–Crippen LogP) is 3.25. The first-order valence-electron chi connectivity index (χ1n) is 6.52. The number of aliphatic imine (C=N–C) groups is 1. The molecule has 18 heavy (non-hydrogen) atoms. The second-order valence-electron chi connectivity index (χ2n) is 5.18. The fourth-order valence-electron chi connectivity index (χ4n) is 2.06. The van der Waals surface area contributed by atoms with Crippen molar-refractivity contribution >= 4 is 16.9 Å². The highest BCUT2D eigenvalue weighted by molar-refractivity contribution is 8.14. The minimum absolute atomic E-state index is 0.266. The Bertz CT molecular complexity index is 403. The van der Waals surface area contributed by atoms with Crippen molar-refractivity contribution in [1.29, 1.82) is 0 Å². The van der Waals surface area contributed by atoms with E-state index in [0.717, 1.165) is 16.8 Å². The van der Waals surface area contributed by atoms with Crippen LogP contribution in [0.5, 0.6) is 0 Å². The van der Waals surface area contributed by atoms with Crippen LogP contribution in [0.2, 0.25) is 0 Å². The number of aromatic nitrogens is 1. The molecule has 1 aromatic heterocycles. The van der Waals surface area contributed by atoms with Crippen molar-refractivity contribution in [3.63, 3.8) is 0 Å². The predicted molar refractivity (Wildman–Crippen MR) is 78.9 cm³/mol. The third-order valence-electron chi connectivity index (χ3n) is 2.98. The van der Waals surface area contributed by atoms with Gasteiger partial charge in [-0.15, -0.1) is 0 Å². The molecule has 0 radical (unpaired) electrons. The van der Waals surface area contributed by atoms with E-state index in [0.29, 0.717) is 6.04 Å². The molecular formula is C14H21N3S. The Kier molecular flexibility index (Phi) is 4.64. The van der Waals surface area contributed by atoms with Gasteiger partial charge in [0, 0.05) is 18.1 Å². The van der Waals surface area contributed by atoms with Gasteiger partial charge in [0.25, 0.3) is 0 Å². The van der Waals surface area contributed by atoms with Crippen molar-refractivity contribution < 1.29 is 0 Å². The fraction of sp³-hybridized carbons (Fsp3) is 0.571. The summed E-state index contributed by atoms with van der Waals surface area (Å²) in [6, 6.07) is 4.82. The van der Waals surface area contributed by atoms with Crippen LogP contribution in [0.25, 0.3) is 0 Å². The van der Waals surface area contributed by atoms with Crippen molar-refractivity contribution in [3.8, 4) is 0 Å². The fourth-order valence-corrected chi connectivity index (χ4v) is 3.10. The van der Waals surface area contributed by atoms with Crippen LogP contribution in [0.15, 0.2) is 29.5 Å². The van der Waals surface area contributed by atoms with E-state index in [1.165, 1.54) is 12.0 Å². The van der Waals surface area contributed by atoms with E-state index < -0.39 is 0 Å². The third kappa shape index (κ3) is 3.73. The first kappa shape index (κ1) is 13.4. The van der Waals surface area contributed by atoms with Gasteiger partial charge in [-0.25, -0.2) is 0 Å². The normalized spacial score (nSPS) is 20.9. The molecule has 2 atom stereocenters. The summed E-state index contributed by atoms with van der Waals surface area (Å²) in [6.07, 6.45) is 4.89. The van der Waals surface area contributed by atoms with Crippen molar-refractivity contribution in [1.82, 2.24) is 10.3 Å². The SMILES string of the molecule is CC(C)CC1CSC(NC(C)c2cccnc2)=N1. The van der Waals surface area contributed by atoms with Gasteiger partial charge in [-0.05, 0) is 30.9 Å². The molecule has 1 aliphatic rings. The van der Waals surface area contributed by atoms with Crippen LogP contribution < -0.4 is 5.32 Å². The highest BCUT2D eigenvalue weighted by Gasteiger charge is 2.20. The van der Waals surface area contributed by atoms with Gasteiger partial charge in [0.15, 0.2) is 5.17 Å². The summed E-state index contributed by atoms with van der Waals surface area (Å²) in [5.41, 5.74) is 1.20. The van der Waals surface area contributed by atoms with Crippen LogP contribution in [0.1, 0.15) is 38.8 Å². The third-order valence-corrected chi connectivity index (χ3v) is 4.03. The second-order valence-corrected chi connectivity index (χ2v) is 6.19. The van der Waals surface area contributed by atoms with Gasteiger partial charge >= 0.3 is 0 Å². The van der Waals surface area contributed by atoms with E-state index in [4.69, 9.17) is 4.99 Å². The second kappa shape index (κ2) is 6.23. The van der Waals surface area contributed by atoms with Gasteiger partial charge in [0.1, 0.15) is 0 Å². The lowest BCUT2D eigenvalue weighted by Crippen LogP contribution is -2.23. The summed E-state index contributed by atoms with van der Waals surface area (Å²) in [6.45, 7) is 6.66. The molecule has 1 aromatic rings. The molecule has 3 nitrogen and oxygen atoms in total. The molecule has 98 valence electrons. The van der Waals surface area contributed by atoms with Gasteiger partial charge in [-0.2, -0.15) is 0 Å².